The topological polar surface area (TPSA) is 76.7 Å². The van der Waals surface area contributed by atoms with Gasteiger partial charge in [-0.3, -0.25) is 9.63 Å². The summed E-state index contributed by atoms with van der Waals surface area (Å²) in [5.41, 5.74) is 1.15. The summed E-state index contributed by atoms with van der Waals surface area (Å²) in [6, 6.07) is -0.743. The molecule has 0 aliphatic rings. The van der Waals surface area contributed by atoms with Gasteiger partial charge in [-0.1, -0.05) is 20.8 Å². The van der Waals surface area contributed by atoms with E-state index in [1.165, 1.54) is 7.11 Å². The number of carbonyl (C=O) groups is 2. The van der Waals surface area contributed by atoms with Gasteiger partial charge in [0.25, 0.3) is 5.91 Å². The molecule has 0 aromatic carbocycles. The molecule has 1 atom stereocenters. The number of nitrogens with one attached hydrogen (secondary N) is 2. The van der Waals surface area contributed by atoms with Crippen molar-refractivity contribution in [2.75, 3.05) is 7.11 Å². The number of hydrogen-bond acceptors (Lipinski definition) is 4. The lowest BCUT2D eigenvalue weighted by Gasteiger charge is -2.30. The number of carbonyl (C=O) groups excluding carboxylic acids is 2. The van der Waals surface area contributed by atoms with Crippen LogP contribution in [0.3, 0.4) is 0 Å². The molecule has 0 aromatic heterocycles. The van der Waals surface area contributed by atoms with Crippen LogP contribution in [-0.4, -0.2) is 30.8 Å². The van der Waals surface area contributed by atoms with Crippen LogP contribution in [0.5, 0.6) is 0 Å². The molecule has 0 saturated heterocycles. The van der Waals surface area contributed by atoms with Crippen LogP contribution < -0.4 is 10.8 Å². The summed E-state index contributed by atoms with van der Waals surface area (Å²) in [5.74, 6) is -0.421. The molecule has 0 fully saturated rings. The van der Waals surface area contributed by atoms with Crippen molar-refractivity contribution < 1.29 is 19.2 Å². The summed E-state index contributed by atoms with van der Waals surface area (Å²) < 4.78 is 5.12. The molecule has 2 amide bonds. The summed E-state index contributed by atoms with van der Waals surface area (Å²) >= 11 is 0. The van der Waals surface area contributed by atoms with Crippen molar-refractivity contribution in [2.24, 2.45) is 5.41 Å². The normalized spacial score (nSPS) is 13.7. The van der Waals surface area contributed by atoms with E-state index in [1.807, 2.05) is 20.8 Å². The molecule has 0 heterocycles. The van der Waals surface area contributed by atoms with E-state index in [9.17, 15) is 9.59 Å². The Bertz CT molecular complexity index is 302. The summed E-state index contributed by atoms with van der Waals surface area (Å²) in [4.78, 5) is 28.0. The highest BCUT2D eigenvalue weighted by molar-refractivity contribution is 5.85. The molecule has 0 spiro atoms. The Morgan fingerprint density at radius 3 is 1.89 bits per heavy atom. The highest BCUT2D eigenvalue weighted by atomic mass is 16.6. The number of hydrogen-bond donors (Lipinski definition) is 2. The van der Waals surface area contributed by atoms with E-state index in [1.54, 1.807) is 20.8 Å². The highest BCUT2D eigenvalue weighted by Crippen LogP contribution is 2.20. The molecule has 6 nitrogen and oxygen atoms in total. The van der Waals surface area contributed by atoms with Crippen LogP contribution in [0.15, 0.2) is 0 Å². The van der Waals surface area contributed by atoms with Gasteiger partial charge in [-0.15, -0.1) is 0 Å². The lowest BCUT2D eigenvalue weighted by Crippen LogP contribution is -2.54. The molecule has 0 radical (unpaired) electrons. The largest absolute Gasteiger partial charge is 0.444 e. The number of hydroxylamine groups is 1. The minimum Gasteiger partial charge on any atom is -0.444 e. The Balaban J connectivity index is 4.72. The zero-order valence-corrected chi connectivity index (χ0v) is 12.2. The van der Waals surface area contributed by atoms with Crippen LogP contribution in [0.25, 0.3) is 0 Å². The first-order chi connectivity index (χ1) is 7.97. The SMILES string of the molecule is CONC(=O)[C@@H](NC(=O)OC(C)(C)C)C(C)(C)C. The first kappa shape index (κ1) is 16.7. The van der Waals surface area contributed by atoms with Crippen LogP contribution in [0.2, 0.25) is 0 Å². The molecule has 0 unspecified atom stereocenters. The quantitative estimate of drug-likeness (QED) is 0.756. The Morgan fingerprint density at radius 1 is 1.06 bits per heavy atom. The number of amides is 2. The maximum absolute atomic E-state index is 11.8. The average Bonchev–Trinajstić information content (AvgIpc) is 2.09. The Kier molecular flexibility index (Phi) is 5.60. The van der Waals surface area contributed by atoms with Crippen LogP contribution >= 0.6 is 0 Å². The second kappa shape index (κ2) is 6.04. The van der Waals surface area contributed by atoms with Gasteiger partial charge in [0, 0.05) is 0 Å². The number of ether oxygens (including phenoxy) is 1. The molecule has 6 heteroatoms. The second-order valence-corrected chi connectivity index (χ2v) is 6.12. The minimum atomic E-state index is -0.743. The molecule has 2 N–H and O–H groups in total. The van der Waals surface area contributed by atoms with Gasteiger partial charge in [-0.2, -0.15) is 0 Å². The van der Waals surface area contributed by atoms with Crippen molar-refractivity contribution >= 4 is 12.0 Å². The summed E-state index contributed by atoms with van der Waals surface area (Å²) in [5, 5.41) is 2.54. The summed E-state index contributed by atoms with van der Waals surface area (Å²) in [6.07, 6.45) is -0.631. The van der Waals surface area contributed by atoms with Crippen LogP contribution in [0.4, 0.5) is 4.79 Å². The predicted molar refractivity (Wildman–Crippen MR) is 67.8 cm³/mol. The van der Waals surface area contributed by atoms with Crippen molar-refractivity contribution in [3.63, 3.8) is 0 Å². The molecule has 0 rings (SSSR count). The fourth-order valence-electron chi connectivity index (χ4n) is 1.26. The lowest BCUT2D eigenvalue weighted by atomic mass is 9.86. The van der Waals surface area contributed by atoms with Crippen LogP contribution in [0, 0.1) is 5.41 Å². The zero-order valence-electron chi connectivity index (χ0n) is 12.2. The molecule has 0 bridgehead atoms. The maximum atomic E-state index is 11.8. The van der Waals surface area contributed by atoms with E-state index in [4.69, 9.17) is 4.74 Å². The van der Waals surface area contributed by atoms with Gasteiger partial charge in [0.2, 0.25) is 0 Å². The lowest BCUT2D eigenvalue weighted by molar-refractivity contribution is -0.136. The van der Waals surface area contributed by atoms with Gasteiger partial charge in [-0.25, -0.2) is 10.3 Å². The Hall–Kier alpha value is -1.30. The first-order valence-corrected chi connectivity index (χ1v) is 5.79. The molecule has 0 aromatic rings. The number of rotatable bonds is 3. The molecule has 18 heavy (non-hydrogen) atoms. The average molecular weight is 260 g/mol. The van der Waals surface area contributed by atoms with Gasteiger partial charge in [0.1, 0.15) is 11.6 Å². The Labute approximate surface area is 108 Å². The van der Waals surface area contributed by atoms with Crippen molar-refractivity contribution in [1.29, 1.82) is 0 Å². The van der Waals surface area contributed by atoms with Crippen LogP contribution in [-0.2, 0) is 14.4 Å². The summed E-state index contributed by atoms with van der Waals surface area (Å²) in [6.45, 7) is 10.8. The Morgan fingerprint density at radius 2 is 1.56 bits per heavy atom. The molecule has 0 saturated carbocycles. The standard InChI is InChI=1S/C12H24N2O4/c1-11(2,3)8(9(15)14-17-7)13-10(16)18-12(4,5)6/h8H,1-7H3,(H,13,16)(H,14,15)/t8-/m1/s1. The third-order valence-corrected chi connectivity index (χ3v) is 1.99. The first-order valence-electron chi connectivity index (χ1n) is 5.79. The second-order valence-electron chi connectivity index (χ2n) is 6.12. The number of alkyl carbamates (subject to hydrolysis) is 1. The monoisotopic (exact) mass is 260 g/mol. The minimum absolute atomic E-state index is 0.421. The van der Waals surface area contributed by atoms with E-state index in [0.717, 1.165) is 0 Å². The van der Waals surface area contributed by atoms with Gasteiger partial charge in [-0.05, 0) is 26.2 Å². The molecule has 106 valence electrons. The van der Waals surface area contributed by atoms with Gasteiger partial charge < -0.3 is 10.1 Å². The smallest absolute Gasteiger partial charge is 0.408 e. The molecular weight excluding hydrogens is 236 g/mol. The van der Waals surface area contributed by atoms with Crippen molar-refractivity contribution in [3.05, 3.63) is 0 Å². The highest BCUT2D eigenvalue weighted by Gasteiger charge is 2.34. The van der Waals surface area contributed by atoms with Crippen molar-refractivity contribution in [3.8, 4) is 0 Å². The predicted octanol–water partition coefficient (Wildman–Crippen LogP) is 1.60. The molecular formula is C12H24N2O4. The van der Waals surface area contributed by atoms with Crippen molar-refractivity contribution in [1.82, 2.24) is 10.8 Å². The third-order valence-electron chi connectivity index (χ3n) is 1.99. The fraction of sp³-hybridized carbons (Fsp3) is 0.833. The van der Waals surface area contributed by atoms with E-state index in [-0.39, 0.29) is 0 Å². The third kappa shape index (κ3) is 6.44. The van der Waals surface area contributed by atoms with Gasteiger partial charge in [0.05, 0.1) is 7.11 Å². The zero-order chi connectivity index (χ0) is 14.6. The van der Waals surface area contributed by atoms with E-state index in [2.05, 4.69) is 15.6 Å². The van der Waals surface area contributed by atoms with E-state index >= 15 is 0 Å². The fourth-order valence-corrected chi connectivity index (χ4v) is 1.26. The van der Waals surface area contributed by atoms with Crippen LogP contribution in [0.1, 0.15) is 41.5 Å². The van der Waals surface area contributed by atoms with Crippen molar-refractivity contribution in [2.45, 2.75) is 53.2 Å². The van der Waals surface area contributed by atoms with Gasteiger partial charge in [0.15, 0.2) is 0 Å². The maximum Gasteiger partial charge on any atom is 0.408 e. The summed E-state index contributed by atoms with van der Waals surface area (Å²) in [7, 11) is 1.34. The van der Waals surface area contributed by atoms with Gasteiger partial charge >= 0.3 is 6.09 Å². The molecule has 0 aliphatic heterocycles. The van der Waals surface area contributed by atoms with E-state index < -0.39 is 29.1 Å². The van der Waals surface area contributed by atoms with E-state index in [0.29, 0.717) is 0 Å². The molecule has 0 aliphatic carbocycles.